The summed E-state index contributed by atoms with van der Waals surface area (Å²) in [7, 11) is 0. The fourth-order valence-corrected chi connectivity index (χ4v) is 1.57. The normalized spacial score (nSPS) is 22.0. The minimum atomic E-state index is 0.328. The van der Waals surface area contributed by atoms with Crippen LogP contribution in [-0.2, 0) is 11.2 Å². The minimum Gasteiger partial charge on any atom is -0.378 e. The van der Waals surface area contributed by atoms with Gasteiger partial charge in [-0.2, -0.15) is 0 Å². The SMILES string of the molecule is Nc1nccc(CC2CCCO2)n1. The van der Waals surface area contributed by atoms with E-state index in [4.69, 9.17) is 10.5 Å². The van der Waals surface area contributed by atoms with E-state index in [0.29, 0.717) is 12.1 Å². The molecule has 13 heavy (non-hydrogen) atoms. The molecule has 70 valence electrons. The maximum absolute atomic E-state index is 5.50. The van der Waals surface area contributed by atoms with Crippen molar-refractivity contribution in [1.29, 1.82) is 0 Å². The molecule has 4 heteroatoms. The second kappa shape index (κ2) is 3.70. The molecule has 0 saturated carbocycles. The van der Waals surface area contributed by atoms with Gasteiger partial charge in [-0.3, -0.25) is 0 Å². The van der Waals surface area contributed by atoms with Crippen LogP contribution in [0.2, 0.25) is 0 Å². The van der Waals surface area contributed by atoms with Crippen LogP contribution in [0.1, 0.15) is 18.5 Å². The molecular formula is C9H13N3O. The summed E-state index contributed by atoms with van der Waals surface area (Å²) in [6.07, 6.45) is 5.16. The van der Waals surface area contributed by atoms with Gasteiger partial charge in [0.05, 0.1) is 6.10 Å². The summed E-state index contributed by atoms with van der Waals surface area (Å²) in [6.45, 7) is 0.880. The summed E-state index contributed by atoms with van der Waals surface area (Å²) in [6, 6.07) is 1.89. The molecule has 0 aliphatic carbocycles. The Morgan fingerprint density at radius 3 is 3.23 bits per heavy atom. The van der Waals surface area contributed by atoms with Crippen molar-refractivity contribution < 1.29 is 4.74 Å². The number of nitrogens with two attached hydrogens (primary N) is 1. The highest BCUT2D eigenvalue weighted by Crippen LogP contribution is 2.15. The second-order valence-corrected chi connectivity index (χ2v) is 3.25. The van der Waals surface area contributed by atoms with Gasteiger partial charge in [0.25, 0.3) is 0 Å². The fraction of sp³-hybridized carbons (Fsp3) is 0.556. The highest BCUT2D eigenvalue weighted by atomic mass is 16.5. The van der Waals surface area contributed by atoms with Crippen LogP contribution in [0.15, 0.2) is 12.3 Å². The van der Waals surface area contributed by atoms with E-state index in [9.17, 15) is 0 Å². The van der Waals surface area contributed by atoms with Crippen LogP contribution in [-0.4, -0.2) is 22.7 Å². The topological polar surface area (TPSA) is 61.0 Å². The Balaban J connectivity index is 2.00. The summed E-state index contributed by atoms with van der Waals surface area (Å²) in [5, 5.41) is 0. The third kappa shape index (κ3) is 2.15. The van der Waals surface area contributed by atoms with Gasteiger partial charge in [0.2, 0.25) is 5.95 Å². The Bertz CT molecular complexity index is 284. The first kappa shape index (κ1) is 8.44. The van der Waals surface area contributed by atoms with E-state index in [2.05, 4.69) is 9.97 Å². The van der Waals surface area contributed by atoms with Gasteiger partial charge in [-0.05, 0) is 18.9 Å². The third-order valence-corrected chi connectivity index (χ3v) is 2.19. The lowest BCUT2D eigenvalue weighted by Crippen LogP contribution is -2.10. The van der Waals surface area contributed by atoms with Crippen molar-refractivity contribution in [2.24, 2.45) is 0 Å². The smallest absolute Gasteiger partial charge is 0.220 e. The maximum Gasteiger partial charge on any atom is 0.220 e. The van der Waals surface area contributed by atoms with Crippen LogP contribution in [0.25, 0.3) is 0 Å². The van der Waals surface area contributed by atoms with E-state index in [1.165, 1.54) is 0 Å². The lowest BCUT2D eigenvalue weighted by molar-refractivity contribution is 0.110. The largest absolute Gasteiger partial charge is 0.378 e. The number of ether oxygens (including phenoxy) is 1. The van der Waals surface area contributed by atoms with Crippen LogP contribution >= 0.6 is 0 Å². The Labute approximate surface area is 77.1 Å². The molecule has 0 spiro atoms. The van der Waals surface area contributed by atoms with E-state index in [1.54, 1.807) is 6.20 Å². The molecular weight excluding hydrogens is 166 g/mol. The molecule has 1 aliphatic rings. The molecule has 1 atom stereocenters. The summed E-state index contributed by atoms with van der Waals surface area (Å²) >= 11 is 0. The van der Waals surface area contributed by atoms with Crippen LogP contribution in [0.5, 0.6) is 0 Å². The molecule has 1 unspecified atom stereocenters. The van der Waals surface area contributed by atoms with Gasteiger partial charge in [-0.15, -0.1) is 0 Å². The minimum absolute atomic E-state index is 0.328. The van der Waals surface area contributed by atoms with Gasteiger partial charge in [0, 0.05) is 24.9 Å². The van der Waals surface area contributed by atoms with Crippen molar-refractivity contribution in [3.8, 4) is 0 Å². The zero-order valence-electron chi connectivity index (χ0n) is 7.44. The Kier molecular flexibility index (Phi) is 2.40. The number of nitrogens with zero attached hydrogens (tertiary/aromatic N) is 2. The number of hydrogen-bond donors (Lipinski definition) is 1. The summed E-state index contributed by atoms with van der Waals surface area (Å²) in [5.74, 6) is 0.343. The number of nitrogen functional groups attached to an aromatic ring is 1. The quantitative estimate of drug-likeness (QED) is 0.728. The lowest BCUT2D eigenvalue weighted by atomic mass is 10.1. The molecule has 0 aromatic carbocycles. The van der Waals surface area contributed by atoms with Gasteiger partial charge in [0.15, 0.2) is 0 Å². The summed E-state index contributed by atoms with van der Waals surface area (Å²) in [5.41, 5.74) is 6.44. The van der Waals surface area contributed by atoms with Gasteiger partial charge < -0.3 is 10.5 Å². The third-order valence-electron chi connectivity index (χ3n) is 2.19. The fourth-order valence-electron chi connectivity index (χ4n) is 1.57. The number of anilines is 1. The van der Waals surface area contributed by atoms with Crippen LogP contribution in [0.4, 0.5) is 5.95 Å². The van der Waals surface area contributed by atoms with Crippen molar-refractivity contribution in [1.82, 2.24) is 9.97 Å². The van der Waals surface area contributed by atoms with Crippen LogP contribution < -0.4 is 5.73 Å². The van der Waals surface area contributed by atoms with Crippen molar-refractivity contribution in [3.63, 3.8) is 0 Å². The number of aromatic nitrogens is 2. The second-order valence-electron chi connectivity index (χ2n) is 3.25. The highest BCUT2D eigenvalue weighted by Gasteiger charge is 2.16. The number of rotatable bonds is 2. The van der Waals surface area contributed by atoms with Crippen molar-refractivity contribution in [3.05, 3.63) is 18.0 Å². The predicted octanol–water partition coefficient (Wildman–Crippen LogP) is 0.780. The average Bonchev–Trinajstić information content (AvgIpc) is 2.57. The molecule has 1 aromatic heterocycles. The van der Waals surface area contributed by atoms with E-state index in [-0.39, 0.29) is 0 Å². The lowest BCUT2D eigenvalue weighted by Gasteiger charge is -2.07. The molecule has 2 heterocycles. The maximum atomic E-state index is 5.50. The summed E-state index contributed by atoms with van der Waals surface area (Å²) in [4.78, 5) is 7.96. The van der Waals surface area contributed by atoms with E-state index in [1.807, 2.05) is 6.07 Å². The first-order valence-corrected chi connectivity index (χ1v) is 4.53. The molecule has 1 aromatic rings. The molecule has 4 nitrogen and oxygen atoms in total. The predicted molar refractivity (Wildman–Crippen MR) is 49.1 cm³/mol. The van der Waals surface area contributed by atoms with E-state index >= 15 is 0 Å². The molecule has 1 aliphatic heterocycles. The van der Waals surface area contributed by atoms with Gasteiger partial charge in [-0.1, -0.05) is 0 Å². The monoisotopic (exact) mass is 179 g/mol. The van der Waals surface area contributed by atoms with Crippen molar-refractivity contribution in [2.75, 3.05) is 12.3 Å². The van der Waals surface area contributed by atoms with Gasteiger partial charge >= 0.3 is 0 Å². The molecule has 0 radical (unpaired) electrons. The first-order valence-electron chi connectivity index (χ1n) is 4.53. The van der Waals surface area contributed by atoms with Crippen molar-refractivity contribution in [2.45, 2.75) is 25.4 Å². The van der Waals surface area contributed by atoms with Gasteiger partial charge in [0.1, 0.15) is 0 Å². The van der Waals surface area contributed by atoms with Crippen LogP contribution in [0, 0.1) is 0 Å². The first-order chi connectivity index (χ1) is 6.34. The van der Waals surface area contributed by atoms with E-state index < -0.39 is 0 Å². The zero-order valence-corrected chi connectivity index (χ0v) is 7.44. The number of hydrogen-bond acceptors (Lipinski definition) is 4. The molecule has 2 rings (SSSR count). The molecule has 0 bridgehead atoms. The molecule has 1 fully saturated rings. The Morgan fingerprint density at radius 2 is 2.54 bits per heavy atom. The Morgan fingerprint density at radius 1 is 1.62 bits per heavy atom. The standard InChI is InChI=1S/C9H13N3O/c10-9-11-4-3-7(12-9)6-8-2-1-5-13-8/h3-4,8H,1-2,5-6H2,(H2,10,11,12). The molecule has 0 amide bonds. The average molecular weight is 179 g/mol. The van der Waals surface area contributed by atoms with E-state index in [0.717, 1.165) is 31.6 Å². The molecule has 1 saturated heterocycles. The molecule has 2 N–H and O–H groups in total. The summed E-state index contributed by atoms with van der Waals surface area (Å²) < 4.78 is 5.50. The van der Waals surface area contributed by atoms with Crippen LogP contribution in [0.3, 0.4) is 0 Å². The highest BCUT2D eigenvalue weighted by molar-refractivity contribution is 5.17. The van der Waals surface area contributed by atoms with Gasteiger partial charge in [-0.25, -0.2) is 9.97 Å². The van der Waals surface area contributed by atoms with Crippen molar-refractivity contribution >= 4 is 5.95 Å². The Hall–Kier alpha value is -1.16. The zero-order chi connectivity index (χ0) is 9.10.